The van der Waals surface area contributed by atoms with Crippen molar-refractivity contribution in [1.82, 2.24) is 5.32 Å². The van der Waals surface area contributed by atoms with Gasteiger partial charge in [0.05, 0.1) is 18.8 Å². The Balaban J connectivity index is 3.49. The van der Waals surface area contributed by atoms with E-state index in [1.54, 1.807) is 0 Å². The molecule has 0 spiro atoms. The van der Waals surface area contributed by atoms with Crippen molar-refractivity contribution in [2.45, 2.75) is 225 Å². The molecule has 0 aromatic carbocycles. The minimum absolute atomic E-state index is 0.0291. The van der Waals surface area contributed by atoms with E-state index in [1.807, 2.05) is 0 Å². The summed E-state index contributed by atoms with van der Waals surface area (Å²) in [6, 6.07) is -0.527. The van der Waals surface area contributed by atoms with Gasteiger partial charge in [0, 0.05) is 6.42 Å². The number of hydrogen-bond acceptors (Lipinski definition) is 3. The highest BCUT2D eigenvalue weighted by Crippen LogP contribution is 2.16. The minimum Gasteiger partial charge on any atom is -0.394 e. The average Bonchev–Trinajstić information content (AvgIpc) is 2.97. The number of aliphatic hydroxyl groups is 2. The third-order valence-electron chi connectivity index (χ3n) is 8.87. The first-order valence-corrected chi connectivity index (χ1v) is 18.7. The molecule has 3 N–H and O–H groups in total. The predicted octanol–water partition coefficient (Wildman–Crippen LogP) is 11.0. The Morgan fingerprint density at radius 2 is 0.780 bits per heavy atom. The molecular formula is C37H75NO3. The van der Waals surface area contributed by atoms with Gasteiger partial charge in [0.2, 0.25) is 5.91 Å². The van der Waals surface area contributed by atoms with Crippen LogP contribution in [-0.2, 0) is 4.79 Å². The van der Waals surface area contributed by atoms with Crippen LogP contribution in [0.4, 0.5) is 0 Å². The fourth-order valence-corrected chi connectivity index (χ4v) is 5.95. The molecule has 0 fully saturated rings. The molecule has 4 nitrogen and oxygen atoms in total. The van der Waals surface area contributed by atoms with Crippen LogP contribution in [0, 0.1) is 0 Å². The van der Waals surface area contributed by atoms with Crippen LogP contribution in [0.1, 0.15) is 213 Å². The Bertz CT molecular complexity index is 512. The van der Waals surface area contributed by atoms with Gasteiger partial charge in [0.25, 0.3) is 0 Å². The molecule has 0 aliphatic rings. The highest BCUT2D eigenvalue weighted by Gasteiger charge is 2.19. The number of amides is 1. The lowest BCUT2D eigenvalue weighted by molar-refractivity contribution is -0.123. The smallest absolute Gasteiger partial charge is 0.220 e. The zero-order valence-corrected chi connectivity index (χ0v) is 28.1. The van der Waals surface area contributed by atoms with Gasteiger partial charge in [0.1, 0.15) is 0 Å². The van der Waals surface area contributed by atoms with Gasteiger partial charge in [0.15, 0.2) is 0 Å². The quantitative estimate of drug-likeness (QED) is 0.0662. The third kappa shape index (κ3) is 30.6. The first-order valence-electron chi connectivity index (χ1n) is 18.7. The molecule has 0 unspecified atom stereocenters. The maximum Gasteiger partial charge on any atom is 0.220 e. The van der Waals surface area contributed by atoms with E-state index in [0.717, 1.165) is 25.7 Å². The van der Waals surface area contributed by atoms with Crippen molar-refractivity contribution >= 4 is 5.91 Å². The van der Waals surface area contributed by atoms with Crippen LogP contribution < -0.4 is 5.32 Å². The third-order valence-corrected chi connectivity index (χ3v) is 8.87. The van der Waals surface area contributed by atoms with Crippen molar-refractivity contribution in [2.75, 3.05) is 6.61 Å². The highest BCUT2D eigenvalue weighted by molar-refractivity contribution is 5.76. The van der Waals surface area contributed by atoms with Gasteiger partial charge < -0.3 is 15.5 Å². The molecule has 246 valence electrons. The van der Waals surface area contributed by atoms with Crippen LogP contribution in [0.5, 0.6) is 0 Å². The number of nitrogens with one attached hydrogen (secondary N) is 1. The molecule has 0 aliphatic heterocycles. The van der Waals surface area contributed by atoms with Crippen LogP contribution >= 0.6 is 0 Å². The van der Waals surface area contributed by atoms with Gasteiger partial charge in [-0.15, -0.1) is 0 Å². The maximum atomic E-state index is 12.3. The summed E-state index contributed by atoms with van der Waals surface area (Å²) in [6.45, 7) is 4.36. The molecule has 41 heavy (non-hydrogen) atoms. The fourth-order valence-electron chi connectivity index (χ4n) is 5.95. The first kappa shape index (κ1) is 40.4. The zero-order valence-electron chi connectivity index (χ0n) is 28.1. The van der Waals surface area contributed by atoms with Gasteiger partial charge in [-0.05, 0) is 12.8 Å². The van der Waals surface area contributed by atoms with E-state index < -0.39 is 12.1 Å². The number of hydrogen-bond donors (Lipinski definition) is 3. The van der Waals surface area contributed by atoms with Gasteiger partial charge in [-0.3, -0.25) is 4.79 Å². The zero-order chi connectivity index (χ0) is 30.1. The summed E-state index contributed by atoms with van der Waals surface area (Å²) in [4.78, 5) is 12.3. The van der Waals surface area contributed by atoms with Crippen molar-refractivity contribution in [1.29, 1.82) is 0 Å². The van der Waals surface area contributed by atoms with E-state index in [1.165, 1.54) is 161 Å². The normalized spacial score (nSPS) is 13.0. The number of rotatable bonds is 34. The highest BCUT2D eigenvalue weighted by atomic mass is 16.3. The van der Waals surface area contributed by atoms with E-state index in [0.29, 0.717) is 12.8 Å². The summed E-state index contributed by atoms with van der Waals surface area (Å²) in [7, 11) is 0. The number of carbonyl (C=O) groups is 1. The Hall–Kier alpha value is -0.610. The second-order valence-corrected chi connectivity index (χ2v) is 13.0. The number of unbranched alkanes of at least 4 members (excludes halogenated alkanes) is 27. The first-order chi connectivity index (χ1) is 20.2. The Labute approximate surface area is 257 Å². The Kier molecular flexibility index (Phi) is 33.4. The fraction of sp³-hybridized carbons (Fsp3) is 0.973. The van der Waals surface area contributed by atoms with E-state index in [4.69, 9.17) is 0 Å². The van der Waals surface area contributed by atoms with Crippen LogP contribution in [0.25, 0.3) is 0 Å². The lowest BCUT2D eigenvalue weighted by atomic mass is 10.0. The van der Waals surface area contributed by atoms with Gasteiger partial charge in [-0.1, -0.05) is 194 Å². The van der Waals surface area contributed by atoms with Crippen molar-refractivity contribution in [3.05, 3.63) is 0 Å². The number of aliphatic hydroxyl groups excluding tert-OH is 2. The van der Waals surface area contributed by atoms with E-state index in [9.17, 15) is 15.0 Å². The Morgan fingerprint density at radius 1 is 0.488 bits per heavy atom. The second kappa shape index (κ2) is 33.9. The van der Waals surface area contributed by atoms with Gasteiger partial charge >= 0.3 is 0 Å². The largest absolute Gasteiger partial charge is 0.394 e. The molecule has 0 heterocycles. The van der Waals surface area contributed by atoms with Crippen LogP contribution in [-0.4, -0.2) is 34.9 Å². The van der Waals surface area contributed by atoms with Gasteiger partial charge in [-0.25, -0.2) is 0 Å². The van der Waals surface area contributed by atoms with Crippen LogP contribution in [0.15, 0.2) is 0 Å². The molecule has 2 atom stereocenters. The summed E-state index contributed by atoms with van der Waals surface area (Å²) in [5.41, 5.74) is 0. The molecule has 0 aromatic rings. The molecule has 0 rings (SSSR count). The van der Waals surface area contributed by atoms with E-state index in [-0.39, 0.29) is 12.5 Å². The standard InChI is InChI=1S/C37H75NO3/c1-3-5-7-9-11-13-15-16-17-18-19-20-21-23-25-27-29-31-33-37(41)38-35(34-39)36(40)32-30-28-26-24-22-14-12-10-8-6-4-2/h35-36,39-40H,3-34H2,1-2H3,(H,38,41)/t35-,36+/m0/s1. The molecule has 0 aliphatic carbocycles. The molecule has 0 aromatic heterocycles. The average molecular weight is 582 g/mol. The molecule has 1 amide bonds. The topological polar surface area (TPSA) is 69.6 Å². The monoisotopic (exact) mass is 582 g/mol. The van der Waals surface area contributed by atoms with Crippen LogP contribution in [0.2, 0.25) is 0 Å². The lowest BCUT2D eigenvalue weighted by Gasteiger charge is -2.22. The van der Waals surface area contributed by atoms with Crippen molar-refractivity contribution in [2.24, 2.45) is 0 Å². The summed E-state index contributed by atoms with van der Waals surface area (Å²) in [6.07, 6.45) is 38.7. The molecule has 0 saturated heterocycles. The van der Waals surface area contributed by atoms with Gasteiger partial charge in [-0.2, -0.15) is 0 Å². The van der Waals surface area contributed by atoms with E-state index in [2.05, 4.69) is 19.2 Å². The summed E-state index contributed by atoms with van der Waals surface area (Å²) < 4.78 is 0. The summed E-state index contributed by atoms with van der Waals surface area (Å²) in [5.74, 6) is -0.0291. The van der Waals surface area contributed by atoms with Crippen molar-refractivity contribution < 1.29 is 15.0 Å². The maximum absolute atomic E-state index is 12.3. The van der Waals surface area contributed by atoms with Crippen LogP contribution in [0.3, 0.4) is 0 Å². The molecule has 4 heteroatoms. The van der Waals surface area contributed by atoms with Crippen molar-refractivity contribution in [3.63, 3.8) is 0 Å². The minimum atomic E-state index is -0.650. The summed E-state index contributed by atoms with van der Waals surface area (Å²) >= 11 is 0. The number of carbonyl (C=O) groups excluding carboxylic acids is 1. The second-order valence-electron chi connectivity index (χ2n) is 13.0. The molecule has 0 bridgehead atoms. The predicted molar refractivity (Wildman–Crippen MR) is 179 cm³/mol. The lowest BCUT2D eigenvalue weighted by Crippen LogP contribution is -2.45. The Morgan fingerprint density at radius 3 is 1.10 bits per heavy atom. The summed E-state index contributed by atoms with van der Waals surface area (Å²) in [5, 5.41) is 23.0. The SMILES string of the molecule is CCCCCCCCCCCCCCCCCCCCC(=O)N[C@@H](CO)[C@H](O)CCCCCCCCCCCCC. The molecule has 0 saturated carbocycles. The van der Waals surface area contributed by atoms with E-state index >= 15 is 0 Å². The van der Waals surface area contributed by atoms with Crippen molar-refractivity contribution in [3.8, 4) is 0 Å². The molecular weight excluding hydrogens is 506 g/mol. The molecule has 0 radical (unpaired) electrons.